The predicted molar refractivity (Wildman–Crippen MR) is 45.5 cm³/mol. The van der Waals surface area contributed by atoms with E-state index >= 15 is 0 Å². The van der Waals surface area contributed by atoms with E-state index < -0.39 is 0 Å². The van der Waals surface area contributed by atoms with Crippen molar-refractivity contribution >= 4 is 5.91 Å². The van der Waals surface area contributed by atoms with Gasteiger partial charge in [0.05, 0.1) is 0 Å². The Labute approximate surface area is 72.7 Å². The van der Waals surface area contributed by atoms with Gasteiger partial charge in [0.15, 0.2) is 0 Å². The van der Waals surface area contributed by atoms with Gasteiger partial charge in [-0.05, 0) is 37.0 Å². The molecule has 66 valence electrons. The summed E-state index contributed by atoms with van der Waals surface area (Å²) in [6.07, 6.45) is 4.61. The first-order valence-corrected chi connectivity index (χ1v) is 5.01. The molecule has 2 saturated carbocycles. The van der Waals surface area contributed by atoms with Gasteiger partial charge >= 0.3 is 0 Å². The molecule has 1 heterocycles. The molecule has 3 aliphatic rings. The van der Waals surface area contributed by atoms with E-state index in [0.717, 1.165) is 18.3 Å². The van der Waals surface area contributed by atoms with Crippen LogP contribution >= 0.6 is 0 Å². The summed E-state index contributed by atoms with van der Waals surface area (Å²) in [5.74, 6) is 2.69. The number of hydrogen-bond donors (Lipinski definition) is 1. The molecule has 2 heteroatoms. The Morgan fingerprint density at radius 3 is 3.08 bits per heavy atom. The zero-order valence-corrected chi connectivity index (χ0v) is 7.47. The molecule has 0 radical (unpaired) electrons. The topological polar surface area (TPSA) is 29.1 Å². The van der Waals surface area contributed by atoms with Crippen LogP contribution in [0.5, 0.6) is 0 Å². The van der Waals surface area contributed by atoms with Gasteiger partial charge in [-0.3, -0.25) is 4.79 Å². The van der Waals surface area contributed by atoms with E-state index in [4.69, 9.17) is 0 Å². The highest BCUT2D eigenvalue weighted by Gasteiger charge is 2.60. The van der Waals surface area contributed by atoms with Crippen LogP contribution in [0.15, 0.2) is 0 Å². The Bertz CT molecular complexity index is 250. The van der Waals surface area contributed by atoms with Crippen LogP contribution in [0.4, 0.5) is 0 Å². The Morgan fingerprint density at radius 2 is 2.33 bits per heavy atom. The van der Waals surface area contributed by atoms with Gasteiger partial charge < -0.3 is 5.32 Å². The molecule has 0 aromatic carbocycles. The molecule has 4 atom stereocenters. The van der Waals surface area contributed by atoms with Crippen molar-refractivity contribution in [3.05, 3.63) is 0 Å². The highest BCUT2D eigenvalue weighted by molar-refractivity contribution is 5.79. The van der Waals surface area contributed by atoms with E-state index in [-0.39, 0.29) is 5.54 Å². The SMILES string of the molecule is C[C@@H]1CC23C[C@@H](CC(=O)N2)C[C@@H]13. The molecule has 1 spiro atoms. The molecule has 2 bridgehead atoms. The summed E-state index contributed by atoms with van der Waals surface area (Å²) in [6.45, 7) is 2.32. The summed E-state index contributed by atoms with van der Waals surface area (Å²) in [6, 6.07) is 0. The average Bonchev–Trinajstić information content (AvgIpc) is 2.19. The fourth-order valence-electron chi connectivity index (χ4n) is 3.84. The van der Waals surface area contributed by atoms with Crippen molar-refractivity contribution in [1.29, 1.82) is 0 Å². The van der Waals surface area contributed by atoms with Crippen LogP contribution in [0.25, 0.3) is 0 Å². The molecule has 12 heavy (non-hydrogen) atoms. The highest BCUT2D eigenvalue weighted by Crippen LogP contribution is 2.58. The molecule has 1 unspecified atom stereocenters. The second-order valence-electron chi connectivity index (χ2n) is 5.00. The van der Waals surface area contributed by atoms with Crippen molar-refractivity contribution in [2.45, 2.75) is 38.1 Å². The number of fused-ring (bicyclic) bond motifs is 1. The maximum atomic E-state index is 11.3. The van der Waals surface area contributed by atoms with Gasteiger partial charge in [-0.2, -0.15) is 0 Å². The fraction of sp³-hybridized carbons (Fsp3) is 0.900. The number of carbonyl (C=O) groups excluding carboxylic acids is 1. The van der Waals surface area contributed by atoms with E-state index in [1.165, 1.54) is 19.3 Å². The van der Waals surface area contributed by atoms with Gasteiger partial charge in [-0.1, -0.05) is 6.92 Å². The number of hydrogen-bond acceptors (Lipinski definition) is 1. The third-order valence-electron chi connectivity index (χ3n) is 4.19. The Kier molecular flexibility index (Phi) is 1.07. The summed E-state index contributed by atoms with van der Waals surface area (Å²) in [4.78, 5) is 11.3. The van der Waals surface area contributed by atoms with Crippen molar-refractivity contribution < 1.29 is 4.79 Å². The molecule has 1 saturated heterocycles. The molecule has 3 fully saturated rings. The van der Waals surface area contributed by atoms with Crippen LogP contribution in [0, 0.1) is 17.8 Å². The van der Waals surface area contributed by atoms with E-state index in [0.29, 0.717) is 11.8 Å². The fourth-order valence-corrected chi connectivity index (χ4v) is 3.84. The molecule has 2 nitrogen and oxygen atoms in total. The van der Waals surface area contributed by atoms with E-state index in [1.54, 1.807) is 0 Å². The predicted octanol–water partition coefficient (Wildman–Crippen LogP) is 1.31. The van der Waals surface area contributed by atoms with Crippen LogP contribution in [-0.4, -0.2) is 11.4 Å². The highest BCUT2D eigenvalue weighted by atomic mass is 16.1. The minimum atomic E-state index is 0.277. The van der Waals surface area contributed by atoms with E-state index in [2.05, 4.69) is 12.2 Å². The first-order valence-electron chi connectivity index (χ1n) is 5.01. The van der Waals surface area contributed by atoms with Gasteiger partial charge in [0.25, 0.3) is 0 Å². The summed E-state index contributed by atoms with van der Waals surface area (Å²) in [5, 5.41) is 3.21. The standard InChI is InChI=1S/C10H15NO/c1-6-4-10-5-7(2-8(6)10)3-9(12)11-10/h6-8H,2-5H2,1H3,(H,11,12)/t6-,7-,8+,10?/m1/s1. The van der Waals surface area contributed by atoms with Crippen molar-refractivity contribution in [2.24, 2.45) is 17.8 Å². The van der Waals surface area contributed by atoms with E-state index in [9.17, 15) is 4.79 Å². The zero-order chi connectivity index (χ0) is 8.34. The Hall–Kier alpha value is -0.530. The third kappa shape index (κ3) is 0.644. The number of rotatable bonds is 0. The first kappa shape index (κ1) is 6.93. The molecule has 3 rings (SSSR count). The van der Waals surface area contributed by atoms with Gasteiger partial charge in [-0.25, -0.2) is 0 Å². The summed E-state index contributed by atoms with van der Waals surface area (Å²) in [5.41, 5.74) is 0.277. The third-order valence-corrected chi connectivity index (χ3v) is 4.19. The summed E-state index contributed by atoms with van der Waals surface area (Å²) < 4.78 is 0. The summed E-state index contributed by atoms with van der Waals surface area (Å²) >= 11 is 0. The van der Waals surface area contributed by atoms with Crippen molar-refractivity contribution in [3.63, 3.8) is 0 Å². The number of carbonyl (C=O) groups is 1. The smallest absolute Gasteiger partial charge is 0.220 e. The van der Waals surface area contributed by atoms with Gasteiger partial charge in [-0.15, -0.1) is 0 Å². The minimum Gasteiger partial charge on any atom is -0.350 e. The Morgan fingerprint density at radius 1 is 1.50 bits per heavy atom. The number of piperidine rings is 1. The van der Waals surface area contributed by atoms with Crippen molar-refractivity contribution in [3.8, 4) is 0 Å². The maximum absolute atomic E-state index is 11.3. The lowest BCUT2D eigenvalue weighted by Crippen LogP contribution is -2.62. The average molecular weight is 165 g/mol. The second-order valence-corrected chi connectivity index (χ2v) is 5.00. The normalized spacial score (nSPS) is 55.8. The molecular formula is C10H15NO. The van der Waals surface area contributed by atoms with Crippen LogP contribution in [-0.2, 0) is 4.79 Å². The zero-order valence-electron chi connectivity index (χ0n) is 7.47. The van der Waals surface area contributed by atoms with Crippen molar-refractivity contribution in [2.75, 3.05) is 0 Å². The molecule has 2 aliphatic carbocycles. The van der Waals surface area contributed by atoms with Gasteiger partial charge in [0.1, 0.15) is 0 Å². The molecule has 1 aliphatic heterocycles. The quantitative estimate of drug-likeness (QED) is 0.576. The Balaban J connectivity index is 1.93. The minimum absolute atomic E-state index is 0.277. The lowest BCUT2D eigenvalue weighted by Gasteiger charge is -2.51. The van der Waals surface area contributed by atoms with Crippen LogP contribution in [0.3, 0.4) is 0 Å². The number of nitrogens with one attached hydrogen (secondary N) is 1. The molecule has 0 aromatic rings. The van der Waals surface area contributed by atoms with Crippen LogP contribution in [0.1, 0.15) is 32.6 Å². The molecule has 1 N–H and O–H groups in total. The van der Waals surface area contributed by atoms with Crippen molar-refractivity contribution in [1.82, 2.24) is 5.32 Å². The maximum Gasteiger partial charge on any atom is 0.220 e. The lowest BCUT2D eigenvalue weighted by atomic mass is 9.61. The molecular weight excluding hydrogens is 150 g/mol. The van der Waals surface area contributed by atoms with Crippen LogP contribution in [0.2, 0.25) is 0 Å². The van der Waals surface area contributed by atoms with Gasteiger partial charge in [0, 0.05) is 12.0 Å². The summed E-state index contributed by atoms with van der Waals surface area (Å²) in [7, 11) is 0. The van der Waals surface area contributed by atoms with E-state index in [1.807, 2.05) is 0 Å². The number of amides is 1. The van der Waals surface area contributed by atoms with Crippen LogP contribution < -0.4 is 5.32 Å². The molecule has 0 aromatic heterocycles. The lowest BCUT2D eigenvalue weighted by molar-refractivity contribution is -0.128. The largest absolute Gasteiger partial charge is 0.350 e. The monoisotopic (exact) mass is 165 g/mol. The second kappa shape index (κ2) is 1.86. The first-order chi connectivity index (χ1) is 5.70. The van der Waals surface area contributed by atoms with Gasteiger partial charge in [0.2, 0.25) is 5.91 Å². The molecule has 1 amide bonds.